The first-order chi connectivity index (χ1) is 15.0. The third-order valence-electron chi connectivity index (χ3n) is 5.61. The fraction of sp³-hybridized carbons (Fsp3) is 0.409. The first-order valence-electron chi connectivity index (χ1n) is 10.6. The highest BCUT2D eigenvalue weighted by Crippen LogP contribution is 2.40. The maximum absolute atomic E-state index is 12.8. The van der Waals surface area contributed by atoms with E-state index in [-0.39, 0.29) is 5.91 Å². The maximum atomic E-state index is 12.8. The Balaban J connectivity index is 1.24. The molecule has 9 nitrogen and oxygen atoms in total. The molecule has 1 aliphatic heterocycles. The van der Waals surface area contributed by atoms with E-state index in [9.17, 15) is 4.79 Å². The lowest BCUT2D eigenvalue weighted by atomic mass is 10.2. The van der Waals surface area contributed by atoms with Gasteiger partial charge in [-0.1, -0.05) is 5.16 Å². The van der Waals surface area contributed by atoms with Crippen LogP contribution in [-0.2, 0) is 0 Å². The van der Waals surface area contributed by atoms with Gasteiger partial charge in [0.05, 0.1) is 0 Å². The minimum absolute atomic E-state index is 0.0676. The van der Waals surface area contributed by atoms with E-state index in [1.165, 1.54) is 0 Å². The number of rotatable bonds is 5. The van der Waals surface area contributed by atoms with Gasteiger partial charge in [0.25, 0.3) is 5.91 Å². The van der Waals surface area contributed by atoms with Gasteiger partial charge in [-0.2, -0.15) is 0 Å². The molecule has 0 atom stereocenters. The number of carbonyl (C=O) groups excluding carboxylic acids is 1. The van der Waals surface area contributed by atoms with Crippen molar-refractivity contribution in [1.29, 1.82) is 0 Å². The van der Waals surface area contributed by atoms with E-state index in [4.69, 9.17) is 4.52 Å². The maximum Gasteiger partial charge on any atom is 0.276 e. The number of aromatic nitrogens is 4. The van der Waals surface area contributed by atoms with Crippen LogP contribution in [0.3, 0.4) is 0 Å². The van der Waals surface area contributed by atoms with Gasteiger partial charge in [0.15, 0.2) is 5.69 Å². The van der Waals surface area contributed by atoms with Crippen LogP contribution in [0.2, 0.25) is 0 Å². The van der Waals surface area contributed by atoms with Crippen LogP contribution in [0, 0.1) is 13.8 Å². The van der Waals surface area contributed by atoms with Gasteiger partial charge in [-0.3, -0.25) is 4.79 Å². The Morgan fingerprint density at radius 3 is 2.61 bits per heavy atom. The van der Waals surface area contributed by atoms with Crippen molar-refractivity contribution in [3.8, 4) is 0 Å². The number of piperazine rings is 1. The quantitative estimate of drug-likeness (QED) is 0.673. The van der Waals surface area contributed by atoms with E-state index >= 15 is 0 Å². The molecule has 5 rings (SSSR count). The summed E-state index contributed by atoms with van der Waals surface area (Å²) in [7, 11) is 0. The van der Waals surface area contributed by atoms with Crippen molar-refractivity contribution < 1.29 is 9.32 Å². The minimum atomic E-state index is -0.0676. The minimum Gasteiger partial charge on any atom is -0.360 e. The lowest BCUT2D eigenvalue weighted by Crippen LogP contribution is -2.49. The molecule has 9 heteroatoms. The van der Waals surface area contributed by atoms with E-state index in [1.807, 2.05) is 36.9 Å². The molecular weight excluding hydrogens is 394 g/mol. The van der Waals surface area contributed by atoms with Crippen LogP contribution in [0.15, 0.2) is 35.0 Å². The van der Waals surface area contributed by atoms with E-state index in [0.717, 1.165) is 35.8 Å². The van der Waals surface area contributed by atoms with Gasteiger partial charge in [-0.15, -0.1) is 0 Å². The molecule has 0 unspecified atom stereocenters. The number of amides is 1. The van der Waals surface area contributed by atoms with Crippen LogP contribution in [0.5, 0.6) is 0 Å². The van der Waals surface area contributed by atoms with Gasteiger partial charge in [0.2, 0.25) is 0 Å². The van der Waals surface area contributed by atoms with Crippen molar-refractivity contribution in [2.45, 2.75) is 32.6 Å². The fourth-order valence-corrected chi connectivity index (χ4v) is 3.76. The Morgan fingerprint density at radius 1 is 1.06 bits per heavy atom. The highest BCUT2D eigenvalue weighted by Gasteiger charge is 2.31. The number of hydrogen-bond donors (Lipinski definition) is 1. The zero-order valence-corrected chi connectivity index (χ0v) is 17.7. The zero-order chi connectivity index (χ0) is 21.4. The van der Waals surface area contributed by atoms with Gasteiger partial charge in [0.1, 0.15) is 29.0 Å². The van der Waals surface area contributed by atoms with E-state index < -0.39 is 0 Å². The molecule has 1 aliphatic carbocycles. The SMILES string of the molecule is Cc1ccnc(Nc2cc(N3CCN(C(=O)c4cc(C5CC5)on4)CC3)nc(C)n2)c1. The number of pyridine rings is 1. The summed E-state index contributed by atoms with van der Waals surface area (Å²) in [5.41, 5.74) is 1.53. The molecule has 2 fully saturated rings. The second kappa shape index (κ2) is 7.98. The van der Waals surface area contributed by atoms with E-state index in [1.54, 1.807) is 12.3 Å². The average Bonchev–Trinajstić information content (AvgIpc) is 3.49. The molecule has 4 heterocycles. The summed E-state index contributed by atoms with van der Waals surface area (Å²) in [5.74, 6) is 4.19. The van der Waals surface area contributed by atoms with Crippen molar-refractivity contribution >= 4 is 23.4 Å². The Kier molecular flexibility index (Phi) is 5.01. The average molecular weight is 419 g/mol. The van der Waals surface area contributed by atoms with Gasteiger partial charge in [-0.25, -0.2) is 15.0 Å². The molecule has 3 aromatic rings. The Hall–Kier alpha value is -3.49. The molecular formula is C22H25N7O2. The molecule has 0 radical (unpaired) electrons. The zero-order valence-electron chi connectivity index (χ0n) is 17.7. The number of hydrogen-bond acceptors (Lipinski definition) is 8. The molecule has 1 saturated carbocycles. The van der Waals surface area contributed by atoms with Crippen molar-refractivity contribution in [3.63, 3.8) is 0 Å². The first-order valence-corrected chi connectivity index (χ1v) is 10.6. The van der Waals surface area contributed by atoms with Gasteiger partial charge >= 0.3 is 0 Å². The lowest BCUT2D eigenvalue weighted by Gasteiger charge is -2.35. The molecule has 31 heavy (non-hydrogen) atoms. The normalized spacial score (nSPS) is 16.5. The van der Waals surface area contributed by atoms with Gasteiger partial charge in [0, 0.05) is 50.4 Å². The molecule has 1 amide bonds. The van der Waals surface area contributed by atoms with Gasteiger partial charge in [-0.05, 0) is 44.4 Å². The smallest absolute Gasteiger partial charge is 0.276 e. The summed E-state index contributed by atoms with van der Waals surface area (Å²) in [6, 6.07) is 7.65. The Bertz CT molecular complexity index is 1100. The van der Waals surface area contributed by atoms with Crippen molar-refractivity contribution in [2.24, 2.45) is 0 Å². The molecule has 3 aromatic heterocycles. The number of anilines is 3. The molecule has 1 saturated heterocycles. The lowest BCUT2D eigenvalue weighted by molar-refractivity contribution is 0.0736. The number of aryl methyl sites for hydroxylation is 2. The Morgan fingerprint density at radius 2 is 1.87 bits per heavy atom. The van der Waals surface area contributed by atoms with Crippen LogP contribution >= 0.6 is 0 Å². The third kappa shape index (κ3) is 4.35. The van der Waals surface area contributed by atoms with E-state index in [2.05, 4.69) is 30.3 Å². The standard InChI is InChI=1S/C22H25N7O2/c1-14-5-6-23-19(11-14)26-20-13-21(25-15(2)24-20)28-7-9-29(10-8-28)22(30)17-12-18(31-27-17)16-3-4-16/h5-6,11-13,16H,3-4,7-10H2,1-2H3,(H,23,24,25,26). The van der Waals surface area contributed by atoms with Crippen molar-refractivity contribution in [1.82, 2.24) is 25.0 Å². The van der Waals surface area contributed by atoms with Gasteiger partial charge < -0.3 is 19.6 Å². The van der Waals surface area contributed by atoms with Crippen LogP contribution in [0.25, 0.3) is 0 Å². The number of nitrogens with one attached hydrogen (secondary N) is 1. The summed E-state index contributed by atoms with van der Waals surface area (Å²) >= 11 is 0. The van der Waals surface area contributed by atoms with Crippen LogP contribution in [-0.4, -0.2) is 57.1 Å². The molecule has 0 aromatic carbocycles. The summed E-state index contributed by atoms with van der Waals surface area (Å²) in [5, 5.41) is 7.24. The van der Waals surface area contributed by atoms with E-state index in [0.29, 0.717) is 49.4 Å². The Labute approximate surface area is 180 Å². The summed E-state index contributed by atoms with van der Waals surface area (Å²) in [6.07, 6.45) is 4.01. The highest BCUT2D eigenvalue weighted by molar-refractivity contribution is 5.92. The topological polar surface area (TPSA) is 100 Å². The summed E-state index contributed by atoms with van der Waals surface area (Å²) in [4.78, 5) is 30.2. The van der Waals surface area contributed by atoms with Crippen molar-refractivity contribution in [3.05, 3.63) is 53.3 Å². The summed E-state index contributed by atoms with van der Waals surface area (Å²) in [6.45, 7) is 6.50. The first kappa shape index (κ1) is 19.5. The summed E-state index contributed by atoms with van der Waals surface area (Å²) < 4.78 is 5.34. The van der Waals surface area contributed by atoms with Crippen LogP contribution < -0.4 is 10.2 Å². The molecule has 2 aliphatic rings. The number of carbonyl (C=O) groups is 1. The predicted octanol–water partition coefficient (Wildman–Crippen LogP) is 3.06. The number of nitrogens with zero attached hydrogens (tertiary/aromatic N) is 6. The van der Waals surface area contributed by atoms with Crippen LogP contribution in [0.4, 0.5) is 17.5 Å². The fourth-order valence-electron chi connectivity index (χ4n) is 3.76. The molecule has 1 N–H and O–H groups in total. The van der Waals surface area contributed by atoms with Crippen molar-refractivity contribution in [2.75, 3.05) is 36.4 Å². The second-order valence-corrected chi connectivity index (χ2v) is 8.17. The third-order valence-corrected chi connectivity index (χ3v) is 5.61. The molecule has 0 spiro atoms. The largest absolute Gasteiger partial charge is 0.360 e. The highest BCUT2D eigenvalue weighted by atomic mass is 16.5. The second-order valence-electron chi connectivity index (χ2n) is 8.17. The molecule has 160 valence electrons. The van der Waals surface area contributed by atoms with Crippen LogP contribution in [0.1, 0.15) is 46.4 Å². The monoisotopic (exact) mass is 419 g/mol. The molecule has 0 bridgehead atoms. The predicted molar refractivity (Wildman–Crippen MR) is 116 cm³/mol.